The first-order valence-corrected chi connectivity index (χ1v) is 8.14. The number of rotatable bonds is 4. The van der Waals surface area contributed by atoms with Gasteiger partial charge in [0.05, 0.1) is 0 Å². The van der Waals surface area contributed by atoms with Crippen molar-refractivity contribution in [2.75, 3.05) is 19.7 Å². The zero-order valence-electron chi connectivity index (χ0n) is 12.8. The summed E-state index contributed by atoms with van der Waals surface area (Å²) in [6.45, 7) is 4.01. The monoisotopic (exact) mass is 287 g/mol. The summed E-state index contributed by atoms with van der Waals surface area (Å²) in [7, 11) is 0. The number of aliphatic hydroxyl groups excluding tert-OH is 1. The van der Waals surface area contributed by atoms with Crippen LogP contribution in [0.2, 0.25) is 0 Å². The van der Waals surface area contributed by atoms with Gasteiger partial charge in [-0.1, -0.05) is 37.3 Å². The Kier molecular flexibility index (Phi) is 4.03. The Bertz CT molecular complexity index is 485. The standard InChI is InChI=1S/C18H25NO2/c1-2-18(13-20)8-10-19(11-9-18)17(21)16-12-15(16)14-6-4-3-5-7-14/h3-7,15-16,20H,2,8-13H2,1H3. The van der Waals surface area contributed by atoms with Crippen molar-refractivity contribution in [3.63, 3.8) is 0 Å². The van der Waals surface area contributed by atoms with Gasteiger partial charge in [0.15, 0.2) is 0 Å². The van der Waals surface area contributed by atoms with Crippen LogP contribution in [0.25, 0.3) is 0 Å². The second kappa shape index (κ2) is 5.80. The number of aliphatic hydroxyl groups is 1. The number of amides is 1. The van der Waals surface area contributed by atoms with E-state index >= 15 is 0 Å². The van der Waals surface area contributed by atoms with Crippen LogP contribution in [0.1, 0.15) is 44.1 Å². The third kappa shape index (κ3) is 2.84. The van der Waals surface area contributed by atoms with E-state index in [0.29, 0.717) is 11.8 Å². The minimum absolute atomic E-state index is 0.0547. The molecule has 0 bridgehead atoms. The van der Waals surface area contributed by atoms with Gasteiger partial charge in [-0.2, -0.15) is 0 Å². The van der Waals surface area contributed by atoms with Crippen LogP contribution in [-0.2, 0) is 4.79 Å². The molecule has 1 aliphatic heterocycles. The largest absolute Gasteiger partial charge is 0.396 e. The smallest absolute Gasteiger partial charge is 0.226 e. The maximum atomic E-state index is 12.6. The van der Waals surface area contributed by atoms with Crippen molar-refractivity contribution >= 4 is 5.91 Å². The molecule has 3 heteroatoms. The van der Waals surface area contributed by atoms with E-state index < -0.39 is 0 Å². The first-order valence-electron chi connectivity index (χ1n) is 8.14. The molecule has 2 fully saturated rings. The third-order valence-corrected chi connectivity index (χ3v) is 5.56. The van der Waals surface area contributed by atoms with Crippen molar-refractivity contribution in [2.24, 2.45) is 11.3 Å². The van der Waals surface area contributed by atoms with E-state index in [0.717, 1.165) is 38.8 Å². The molecule has 1 amide bonds. The molecule has 0 aromatic heterocycles. The molecule has 1 heterocycles. The molecule has 2 aliphatic rings. The number of benzene rings is 1. The quantitative estimate of drug-likeness (QED) is 0.925. The highest BCUT2D eigenvalue weighted by atomic mass is 16.3. The predicted molar refractivity (Wildman–Crippen MR) is 82.9 cm³/mol. The zero-order chi connectivity index (χ0) is 14.9. The molecular weight excluding hydrogens is 262 g/mol. The van der Waals surface area contributed by atoms with Crippen LogP contribution in [0.4, 0.5) is 0 Å². The fourth-order valence-electron chi connectivity index (χ4n) is 3.60. The summed E-state index contributed by atoms with van der Waals surface area (Å²) in [5, 5.41) is 9.58. The lowest BCUT2D eigenvalue weighted by molar-refractivity contribution is -0.135. The predicted octanol–water partition coefficient (Wildman–Crippen LogP) is 2.80. The van der Waals surface area contributed by atoms with Crippen LogP contribution < -0.4 is 0 Å². The number of carbonyl (C=O) groups excluding carboxylic acids is 1. The Morgan fingerprint density at radius 3 is 2.52 bits per heavy atom. The third-order valence-electron chi connectivity index (χ3n) is 5.56. The van der Waals surface area contributed by atoms with Gasteiger partial charge in [-0.3, -0.25) is 4.79 Å². The Hall–Kier alpha value is -1.35. The van der Waals surface area contributed by atoms with Crippen LogP contribution in [0.5, 0.6) is 0 Å². The van der Waals surface area contributed by atoms with Gasteiger partial charge < -0.3 is 10.0 Å². The lowest BCUT2D eigenvalue weighted by atomic mass is 9.77. The number of carbonyl (C=O) groups is 1. The molecule has 1 N–H and O–H groups in total. The van der Waals surface area contributed by atoms with E-state index in [9.17, 15) is 9.90 Å². The average Bonchev–Trinajstić information content (AvgIpc) is 3.36. The highest BCUT2D eigenvalue weighted by Gasteiger charge is 2.46. The molecular formula is C18H25NO2. The molecule has 1 saturated carbocycles. The first kappa shape index (κ1) is 14.6. The molecule has 21 heavy (non-hydrogen) atoms. The fraction of sp³-hybridized carbons (Fsp3) is 0.611. The van der Waals surface area contributed by atoms with Crippen LogP contribution in [0.3, 0.4) is 0 Å². The first-order chi connectivity index (χ1) is 10.2. The van der Waals surface area contributed by atoms with E-state index in [1.54, 1.807) is 0 Å². The van der Waals surface area contributed by atoms with Gasteiger partial charge in [0.1, 0.15) is 0 Å². The van der Waals surface area contributed by atoms with Crippen LogP contribution in [0, 0.1) is 11.3 Å². The Balaban J connectivity index is 1.57. The fourth-order valence-corrected chi connectivity index (χ4v) is 3.60. The number of piperidine rings is 1. The second-order valence-corrected chi connectivity index (χ2v) is 6.70. The normalized spacial score (nSPS) is 27.4. The van der Waals surface area contributed by atoms with Gasteiger partial charge in [-0.05, 0) is 42.6 Å². The highest BCUT2D eigenvalue weighted by Crippen LogP contribution is 2.49. The summed E-state index contributed by atoms with van der Waals surface area (Å²) in [6, 6.07) is 10.4. The summed E-state index contributed by atoms with van der Waals surface area (Å²) in [6.07, 6.45) is 3.88. The Labute approximate surface area is 127 Å². The lowest BCUT2D eigenvalue weighted by Crippen LogP contribution is -2.45. The zero-order valence-corrected chi connectivity index (χ0v) is 12.8. The molecule has 1 saturated heterocycles. The summed E-state index contributed by atoms with van der Waals surface area (Å²) in [4.78, 5) is 14.6. The van der Waals surface area contributed by atoms with Crippen LogP contribution >= 0.6 is 0 Å². The van der Waals surface area contributed by atoms with Crippen molar-refractivity contribution in [3.05, 3.63) is 35.9 Å². The van der Waals surface area contributed by atoms with Crippen molar-refractivity contribution in [3.8, 4) is 0 Å². The summed E-state index contributed by atoms with van der Waals surface area (Å²) >= 11 is 0. The average molecular weight is 287 g/mol. The lowest BCUT2D eigenvalue weighted by Gasteiger charge is -2.40. The molecule has 1 aromatic rings. The maximum absolute atomic E-state index is 12.6. The Morgan fingerprint density at radius 1 is 1.29 bits per heavy atom. The maximum Gasteiger partial charge on any atom is 0.226 e. The second-order valence-electron chi connectivity index (χ2n) is 6.70. The summed E-state index contributed by atoms with van der Waals surface area (Å²) in [5.41, 5.74) is 1.35. The molecule has 2 atom stereocenters. The SMILES string of the molecule is CCC1(CO)CCN(C(=O)C2CC2c2ccccc2)CC1. The molecule has 3 rings (SSSR count). The van der Waals surface area contributed by atoms with E-state index in [4.69, 9.17) is 0 Å². The highest BCUT2D eigenvalue weighted by molar-refractivity contribution is 5.83. The van der Waals surface area contributed by atoms with Crippen molar-refractivity contribution in [1.29, 1.82) is 0 Å². The van der Waals surface area contributed by atoms with Crippen molar-refractivity contribution < 1.29 is 9.90 Å². The molecule has 0 radical (unpaired) electrons. The van der Waals surface area contributed by atoms with E-state index in [1.165, 1.54) is 5.56 Å². The molecule has 1 aromatic carbocycles. The number of likely N-dealkylation sites (tertiary alicyclic amines) is 1. The van der Waals surface area contributed by atoms with Crippen LogP contribution in [0.15, 0.2) is 30.3 Å². The topological polar surface area (TPSA) is 40.5 Å². The molecule has 2 unspecified atom stereocenters. The van der Waals surface area contributed by atoms with E-state index in [-0.39, 0.29) is 17.9 Å². The number of hydrogen-bond acceptors (Lipinski definition) is 2. The van der Waals surface area contributed by atoms with Gasteiger partial charge in [-0.25, -0.2) is 0 Å². The molecule has 114 valence electrons. The van der Waals surface area contributed by atoms with Crippen molar-refractivity contribution in [2.45, 2.75) is 38.5 Å². The van der Waals surface area contributed by atoms with Gasteiger partial charge in [-0.15, -0.1) is 0 Å². The van der Waals surface area contributed by atoms with Crippen molar-refractivity contribution in [1.82, 2.24) is 4.90 Å². The van der Waals surface area contributed by atoms with Gasteiger partial charge in [0, 0.05) is 25.6 Å². The minimum atomic E-state index is 0.0547. The van der Waals surface area contributed by atoms with Gasteiger partial charge >= 0.3 is 0 Å². The minimum Gasteiger partial charge on any atom is -0.396 e. The summed E-state index contributed by atoms with van der Waals surface area (Å²) in [5.74, 6) is 0.941. The van der Waals surface area contributed by atoms with Crippen LogP contribution in [-0.4, -0.2) is 35.6 Å². The molecule has 3 nitrogen and oxygen atoms in total. The van der Waals surface area contributed by atoms with E-state index in [2.05, 4.69) is 19.1 Å². The van der Waals surface area contributed by atoms with Gasteiger partial charge in [0.2, 0.25) is 5.91 Å². The Morgan fingerprint density at radius 2 is 1.95 bits per heavy atom. The molecule has 0 spiro atoms. The van der Waals surface area contributed by atoms with E-state index in [1.807, 2.05) is 23.1 Å². The van der Waals surface area contributed by atoms with Gasteiger partial charge in [0.25, 0.3) is 0 Å². The summed E-state index contributed by atoms with van der Waals surface area (Å²) < 4.78 is 0. The number of nitrogens with zero attached hydrogens (tertiary/aromatic N) is 1. The molecule has 1 aliphatic carbocycles. The number of hydrogen-bond donors (Lipinski definition) is 1.